The fraction of sp³-hybridized carbons (Fsp3) is 0.292. The highest BCUT2D eigenvalue weighted by Gasteiger charge is 2.34. The van der Waals surface area contributed by atoms with Crippen LogP contribution in [0.15, 0.2) is 71.0 Å². The summed E-state index contributed by atoms with van der Waals surface area (Å²) in [7, 11) is 1.39. The van der Waals surface area contributed by atoms with Crippen molar-refractivity contribution in [1.82, 2.24) is 14.8 Å². The van der Waals surface area contributed by atoms with E-state index >= 15 is 0 Å². The SMILES string of the molecule is CCSc1nc2n(n1)C(c1ccc(OCCc3ccccc3)cc1)C(C(=O)OC)=C(C)N2. The number of aromatic nitrogens is 3. The highest BCUT2D eigenvalue weighted by atomic mass is 32.2. The van der Waals surface area contributed by atoms with Crippen molar-refractivity contribution in [1.29, 1.82) is 0 Å². The molecule has 7 nitrogen and oxygen atoms in total. The van der Waals surface area contributed by atoms with Crippen LogP contribution in [0.1, 0.15) is 31.0 Å². The van der Waals surface area contributed by atoms with E-state index in [-0.39, 0.29) is 0 Å². The van der Waals surface area contributed by atoms with Gasteiger partial charge in [0.05, 0.1) is 19.3 Å². The molecule has 1 N–H and O–H groups in total. The van der Waals surface area contributed by atoms with Gasteiger partial charge in [0.2, 0.25) is 11.1 Å². The van der Waals surface area contributed by atoms with E-state index in [4.69, 9.17) is 9.47 Å². The zero-order valence-corrected chi connectivity index (χ0v) is 19.2. The number of hydrogen-bond donors (Lipinski definition) is 1. The third-order valence-electron chi connectivity index (χ3n) is 5.21. The molecule has 4 rings (SSSR count). The van der Waals surface area contributed by atoms with E-state index in [1.54, 1.807) is 16.4 Å². The van der Waals surface area contributed by atoms with Crippen molar-refractivity contribution >= 4 is 23.7 Å². The number of ether oxygens (including phenoxy) is 2. The van der Waals surface area contributed by atoms with Crippen LogP contribution >= 0.6 is 11.8 Å². The average Bonchev–Trinajstić information content (AvgIpc) is 3.21. The molecule has 8 heteroatoms. The third kappa shape index (κ3) is 4.65. The van der Waals surface area contributed by atoms with E-state index < -0.39 is 12.0 Å². The summed E-state index contributed by atoms with van der Waals surface area (Å²) < 4.78 is 12.7. The summed E-state index contributed by atoms with van der Waals surface area (Å²) in [6.07, 6.45) is 0.839. The third-order valence-corrected chi connectivity index (χ3v) is 5.93. The minimum Gasteiger partial charge on any atom is -0.493 e. The quantitative estimate of drug-likeness (QED) is 0.401. The maximum Gasteiger partial charge on any atom is 0.338 e. The van der Waals surface area contributed by atoms with Crippen LogP contribution in [0.4, 0.5) is 5.95 Å². The lowest BCUT2D eigenvalue weighted by Gasteiger charge is -2.27. The first-order valence-electron chi connectivity index (χ1n) is 10.5. The Hall–Kier alpha value is -3.26. The predicted molar refractivity (Wildman–Crippen MR) is 125 cm³/mol. The van der Waals surface area contributed by atoms with Gasteiger partial charge >= 0.3 is 5.97 Å². The maximum atomic E-state index is 12.6. The lowest BCUT2D eigenvalue weighted by molar-refractivity contribution is -0.136. The predicted octanol–water partition coefficient (Wildman–Crippen LogP) is 4.47. The topological polar surface area (TPSA) is 78.3 Å². The molecule has 32 heavy (non-hydrogen) atoms. The number of carbonyl (C=O) groups is 1. The van der Waals surface area contributed by atoms with E-state index in [0.717, 1.165) is 23.5 Å². The highest BCUT2D eigenvalue weighted by molar-refractivity contribution is 7.99. The molecule has 0 spiro atoms. The molecule has 2 aromatic carbocycles. The van der Waals surface area contributed by atoms with Gasteiger partial charge in [-0.3, -0.25) is 0 Å². The van der Waals surface area contributed by atoms with Crippen molar-refractivity contribution in [2.75, 3.05) is 24.8 Å². The second-order valence-corrected chi connectivity index (χ2v) is 8.54. The Morgan fingerprint density at radius 1 is 1.16 bits per heavy atom. The Labute approximate surface area is 191 Å². The largest absolute Gasteiger partial charge is 0.493 e. The monoisotopic (exact) mass is 450 g/mol. The van der Waals surface area contributed by atoms with Crippen LogP contribution in [0.25, 0.3) is 0 Å². The summed E-state index contributed by atoms with van der Waals surface area (Å²) in [4.78, 5) is 17.2. The van der Waals surface area contributed by atoms with E-state index in [0.29, 0.717) is 29.0 Å². The fourth-order valence-electron chi connectivity index (χ4n) is 3.68. The van der Waals surface area contributed by atoms with Crippen molar-refractivity contribution in [3.05, 3.63) is 77.0 Å². The Morgan fingerprint density at radius 3 is 2.59 bits per heavy atom. The zero-order valence-electron chi connectivity index (χ0n) is 18.4. The molecule has 1 aliphatic heterocycles. The lowest BCUT2D eigenvalue weighted by atomic mass is 9.96. The standard InChI is InChI=1S/C24H26N4O3S/c1-4-32-24-26-23-25-16(2)20(22(29)30-3)21(28(23)27-24)18-10-12-19(13-11-18)31-15-14-17-8-6-5-7-9-17/h5-13,21H,4,14-15H2,1-3H3,(H,25,26,27). The molecule has 0 amide bonds. The molecule has 0 saturated carbocycles. The second kappa shape index (κ2) is 9.91. The summed E-state index contributed by atoms with van der Waals surface area (Å²) >= 11 is 1.55. The molecule has 0 saturated heterocycles. The van der Waals surface area contributed by atoms with Gasteiger partial charge in [-0.2, -0.15) is 4.98 Å². The van der Waals surface area contributed by atoms with Gasteiger partial charge in [0.15, 0.2) is 0 Å². The number of benzene rings is 2. The molecule has 2 heterocycles. The van der Waals surface area contributed by atoms with Gasteiger partial charge in [-0.15, -0.1) is 5.10 Å². The van der Waals surface area contributed by atoms with E-state index in [2.05, 4.69) is 34.5 Å². The number of allylic oxidation sites excluding steroid dienone is 1. The van der Waals surface area contributed by atoms with Crippen LogP contribution in [0.3, 0.4) is 0 Å². The maximum absolute atomic E-state index is 12.6. The summed E-state index contributed by atoms with van der Waals surface area (Å²) in [5.74, 6) is 1.85. The molecule has 1 unspecified atom stereocenters. The first-order chi connectivity index (χ1) is 15.6. The number of methoxy groups -OCH3 is 1. The summed E-state index contributed by atoms with van der Waals surface area (Å²) in [6.45, 7) is 4.49. The summed E-state index contributed by atoms with van der Waals surface area (Å²) in [5, 5.41) is 8.49. The number of rotatable bonds is 8. The van der Waals surface area contributed by atoms with Gasteiger partial charge in [0.1, 0.15) is 11.8 Å². The number of hydrogen-bond acceptors (Lipinski definition) is 7. The molecule has 0 bridgehead atoms. The number of fused-ring (bicyclic) bond motifs is 1. The van der Waals surface area contributed by atoms with Crippen LogP contribution in [-0.4, -0.2) is 40.2 Å². The highest BCUT2D eigenvalue weighted by Crippen LogP contribution is 2.37. The molecule has 3 aromatic rings. The summed E-state index contributed by atoms with van der Waals surface area (Å²) in [5.41, 5.74) is 3.36. The van der Waals surface area contributed by atoms with Gasteiger partial charge in [-0.1, -0.05) is 61.2 Å². The zero-order chi connectivity index (χ0) is 22.5. The fourth-order valence-corrected chi connectivity index (χ4v) is 4.24. The molecular formula is C24H26N4O3S. The number of thioether (sulfide) groups is 1. The van der Waals surface area contributed by atoms with Crippen molar-refractivity contribution < 1.29 is 14.3 Å². The molecule has 0 aliphatic carbocycles. The van der Waals surface area contributed by atoms with Gasteiger partial charge < -0.3 is 14.8 Å². The van der Waals surface area contributed by atoms with E-state index in [1.165, 1.54) is 12.7 Å². The smallest absolute Gasteiger partial charge is 0.338 e. The Bertz CT molecular complexity index is 1110. The minimum absolute atomic E-state index is 0.394. The van der Waals surface area contributed by atoms with Gasteiger partial charge in [-0.25, -0.2) is 9.48 Å². The van der Waals surface area contributed by atoms with Crippen molar-refractivity contribution in [2.45, 2.75) is 31.5 Å². The van der Waals surface area contributed by atoms with Crippen molar-refractivity contribution in [3.63, 3.8) is 0 Å². The van der Waals surface area contributed by atoms with E-state index in [9.17, 15) is 4.79 Å². The van der Waals surface area contributed by atoms with Crippen LogP contribution < -0.4 is 10.1 Å². The van der Waals surface area contributed by atoms with Gasteiger partial charge in [0.25, 0.3) is 0 Å². The second-order valence-electron chi connectivity index (χ2n) is 7.31. The van der Waals surface area contributed by atoms with Gasteiger partial charge in [-0.05, 0) is 35.9 Å². The van der Waals surface area contributed by atoms with Crippen LogP contribution in [-0.2, 0) is 16.0 Å². The Kier molecular flexibility index (Phi) is 6.80. The molecule has 0 fully saturated rings. The molecule has 1 aromatic heterocycles. The Balaban J connectivity index is 1.57. The number of nitrogens with zero attached hydrogens (tertiary/aromatic N) is 3. The first kappa shape index (κ1) is 22.0. The average molecular weight is 451 g/mol. The molecule has 166 valence electrons. The molecular weight excluding hydrogens is 424 g/mol. The Morgan fingerprint density at radius 2 is 1.91 bits per heavy atom. The van der Waals surface area contributed by atoms with Crippen molar-refractivity contribution in [2.24, 2.45) is 0 Å². The molecule has 1 atom stereocenters. The number of nitrogens with one attached hydrogen (secondary N) is 1. The molecule has 1 aliphatic rings. The van der Waals surface area contributed by atoms with Gasteiger partial charge in [0, 0.05) is 12.1 Å². The number of anilines is 1. The number of esters is 1. The molecule has 0 radical (unpaired) electrons. The minimum atomic E-state index is -0.434. The van der Waals surface area contributed by atoms with Crippen LogP contribution in [0.2, 0.25) is 0 Å². The first-order valence-corrected chi connectivity index (χ1v) is 11.5. The van der Waals surface area contributed by atoms with E-state index in [1.807, 2.05) is 49.4 Å². The normalized spacial score (nSPS) is 15.2. The van der Waals surface area contributed by atoms with Crippen molar-refractivity contribution in [3.8, 4) is 5.75 Å². The summed E-state index contributed by atoms with van der Waals surface area (Å²) in [6, 6.07) is 17.6. The van der Waals surface area contributed by atoms with Crippen LogP contribution in [0.5, 0.6) is 5.75 Å². The van der Waals surface area contributed by atoms with Crippen LogP contribution in [0, 0.1) is 0 Å². The lowest BCUT2D eigenvalue weighted by Crippen LogP contribution is -2.29. The number of carbonyl (C=O) groups excluding carboxylic acids is 1.